The van der Waals surface area contributed by atoms with Gasteiger partial charge in [0.15, 0.2) is 0 Å². The fourth-order valence-electron chi connectivity index (χ4n) is 3.46. The summed E-state index contributed by atoms with van der Waals surface area (Å²) in [6.45, 7) is 0. The molecule has 2 atom stereocenters. The Hall–Kier alpha value is -1.62. The monoisotopic (exact) mass is 275 g/mol. The van der Waals surface area contributed by atoms with Gasteiger partial charge in [0.05, 0.1) is 7.11 Å². The maximum atomic E-state index is 11.9. The van der Waals surface area contributed by atoms with Crippen LogP contribution in [0.15, 0.2) is 18.3 Å². The standard InChI is InChI=1S/C15H21N3O2/c1-18(12-8-10-5-6-11(9-12)17-10)14-13(15(19)20-2)4-3-7-16-14/h3-4,7,10-12,17H,5-6,8-9H2,1-2H3. The number of carbonyl (C=O) groups is 1. The van der Waals surface area contributed by atoms with Crippen molar-refractivity contribution in [1.29, 1.82) is 0 Å². The molecule has 108 valence electrons. The van der Waals surface area contributed by atoms with E-state index in [0.29, 0.717) is 23.7 Å². The van der Waals surface area contributed by atoms with E-state index in [1.54, 1.807) is 18.3 Å². The average Bonchev–Trinajstić information content (AvgIpc) is 2.84. The van der Waals surface area contributed by atoms with Gasteiger partial charge in [-0.3, -0.25) is 0 Å². The topological polar surface area (TPSA) is 54.5 Å². The quantitative estimate of drug-likeness (QED) is 0.849. The molecular weight excluding hydrogens is 254 g/mol. The lowest BCUT2D eigenvalue weighted by atomic mass is 9.98. The number of ether oxygens (including phenoxy) is 1. The summed E-state index contributed by atoms with van der Waals surface area (Å²) in [5, 5.41) is 3.64. The summed E-state index contributed by atoms with van der Waals surface area (Å²) in [6.07, 6.45) is 6.49. The van der Waals surface area contributed by atoms with Crippen LogP contribution in [0.2, 0.25) is 0 Å². The molecule has 0 aliphatic carbocycles. The molecule has 2 unspecified atom stereocenters. The van der Waals surface area contributed by atoms with Crippen LogP contribution >= 0.6 is 0 Å². The van der Waals surface area contributed by atoms with Gasteiger partial charge in [-0.25, -0.2) is 9.78 Å². The first-order chi connectivity index (χ1) is 9.69. The number of aromatic nitrogens is 1. The normalized spacial score (nSPS) is 28.2. The number of nitrogens with zero attached hydrogens (tertiary/aromatic N) is 2. The summed E-state index contributed by atoms with van der Waals surface area (Å²) in [5.74, 6) is 0.405. The minimum Gasteiger partial charge on any atom is -0.465 e. The van der Waals surface area contributed by atoms with Crippen LogP contribution in [-0.2, 0) is 4.74 Å². The number of rotatable bonds is 3. The third kappa shape index (κ3) is 2.38. The third-order valence-corrected chi connectivity index (χ3v) is 4.52. The van der Waals surface area contributed by atoms with E-state index in [4.69, 9.17) is 4.74 Å². The molecular formula is C15H21N3O2. The maximum absolute atomic E-state index is 11.9. The van der Waals surface area contributed by atoms with Gasteiger partial charge in [0.1, 0.15) is 11.4 Å². The fraction of sp³-hybridized carbons (Fsp3) is 0.600. The Bertz CT molecular complexity index is 494. The lowest BCUT2D eigenvalue weighted by Gasteiger charge is -2.36. The zero-order valence-electron chi connectivity index (χ0n) is 12.0. The molecule has 1 aromatic rings. The number of nitrogens with one attached hydrogen (secondary N) is 1. The van der Waals surface area contributed by atoms with E-state index < -0.39 is 0 Å². The van der Waals surface area contributed by atoms with E-state index in [9.17, 15) is 4.79 Å². The summed E-state index contributed by atoms with van der Waals surface area (Å²) < 4.78 is 4.85. The average molecular weight is 275 g/mol. The Morgan fingerprint density at radius 3 is 2.75 bits per heavy atom. The summed E-state index contributed by atoms with van der Waals surface area (Å²) in [6, 6.07) is 5.22. The molecule has 3 heterocycles. The molecule has 5 nitrogen and oxygen atoms in total. The second kappa shape index (κ2) is 5.40. The first kappa shape index (κ1) is 13.4. The van der Waals surface area contributed by atoms with Gasteiger partial charge in [-0.05, 0) is 37.8 Å². The smallest absolute Gasteiger partial charge is 0.341 e. The molecule has 2 saturated heterocycles. The van der Waals surface area contributed by atoms with Crippen LogP contribution < -0.4 is 10.2 Å². The lowest BCUT2D eigenvalue weighted by Crippen LogP contribution is -2.47. The molecule has 3 rings (SSSR count). The second-order valence-electron chi connectivity index (χ2n) is 5.74. The minimum absolute atomic E-state index is 0.322. The molecule has 5 heteroatoms. The van der Waals surface area contributed by atoms with Crippen molar-refractivity contribution in [3.05, 3.63) is 23.9 Å². The van der Waals surface area contributed by atoms with E-state index in [0.717, 1.165) is 18.7 Å². The van der Waals surface area contributed by atoms with Crippen molar-refractivity contribution in [3.8, 4) is 0 Å². The van der Waals surface area contributed by atoms with E-state index in [2.05, 4.69) is 15.2 Å². The molecule has 2 aliphatic heterocycles. The highest BCUT2D eigenvalue weighted by Crippen LogP contribution is 2.31. The number of methoxy groups -OCH3 is 1. The Labute approximate surface area is 119 Å². The van der Waals surface area contributed by atoms with Gasteiger partial charge in [-0.15, -0.1) is 0 Å². The third-order valence-electron chi connectivity index (χ3n) is 4.52. The highest BCUT2D eigenvalue weighted by molar-refractivity contribution is 5.94. The SMILES string of the molecule is COC(=O)c1cccnc1N(C)C1CC2CCC(C1)N2. The zero-order valence-corrected chi connectivity index (χ0v) is 12.0. The molecule has 0 amide bonds. The molecule has 2 bridgehead atoms. The van der Waals surface area contributed by atoms with Crippen molar-refractivity contribution in [2.75, 3.05) is 19.1 Å². The number of carbonyl (C=O) groups excluding carboxylic acids is 1. The van der Waals surface area contributed by atoms with Gasteiger partial charge in [0.2, 0.25) is 0 Å². The lowest BCUT2D eigenvalue weighted by molar-refractivity contribution is 0.0601. The van der Waals surface area contributed by atoms with Crippen molar-refractivity contribution >= 4 is 11.8 Å². The molecule has 0 spiro atoms. The van der Waals surface area contributed by atoms with Crippen molar-refractivity contribution in [2.24, 2.45) is 0 Å². The van der Waals surface area contributed by atoms with Crippen LogP contribution in [0, 0.1) is 0 Å². The number of hydrogen-bond acceptors (Lipinski definition) is 5. The van der Waals surface area contributed by atoms with Crippen molar-refractivity contribution in [3.63, 3.8) is 0 Å². The maximum Gasteiger partial charge on any atom is 0.341 e. The Morgan fingerprint density at radius 1 is 1.40 bits per heavy atom. The van der Waals surface area contributed by atoms with Gasteiger partial charge < -0.3 is 15.0 Å². The molecule has 1 N–H and O–H groups in total. The van der Waals surface area contributed by atoms with E-state index in [1.807, 2.05) is 7.05 Å². The fourth-order valence-corrected chi connectivity index (χ4v) is 3.46. The highest BCUT2D eigenvalue weighted by atomic mass is 16.5. The summed E-state index contributed by atoms with van der Waals surface area (Å²) in [4.78, 5) is 18.4. The highest BCUT2D eigenvalue weighted by Gasteiger charge is 2.36. The Morgan fingerprint density at radius 2 is 2.10 bits per heavy atom. The number of fused-ring (bicyclic) bond motifs is 2. The largest absolute Gasteiger partial charge is 0.465 e. The molecule has 2 fully saturated rings. The van der Waals surface area contributed by atoms with Gasteiger partial charge >= 0.3 is 5.97 Å². The molecule has 0 radical (unpaired) electrons. The summed E-state index contributed by atoms with van der Waals surface area (Å²) >= 11 is 0. The van der Waals surface area contributed by atoms with Crippen LogP contribution in [0.5, 0.6) is 0 Å². The van der Waals surface area contributed by atoms with Crippen molar-refractivity contribution < 1.29 is 9.53 Å². The molecule has 1 aromatic heterocycles. The number of piperidine rings is 1. The van der Waals surface area contributed by atoms with Crippen molar-refractivity contribution in [1.82, 2.24) is 10.3 Å². The number of hydrogen-bond donors (Lipinski definition) is 1. The summed E-state index contributed by atoms with van der Waals surface area (Å²) in [7, 11) is 3.44. The Balaban J connectivity index is 1.83. The van der Waals surface area contributed by atoms with E-state index >= 15 is 0 Å². The van der Waals surface area contributed by atoms with Gasteiger partial charge in [0, 0.05) is 31.4 Å². The van der Waals surface area contributed by atoms with Crippen LogP contribution in [0.3, 0.4) is 0 Å². The second-order valence-corrected chi connectivity index (χ2v) is 5.74. The first-order valence-corrected chi connectivity index (χ1v) is 7.21. The molecule has 2 aliphatic rings. The van der Waals surface area contributed by atoms with Gasteiger partial charge in [-0.2, -0.15) is 0 Å². The molecule has 0 saturated carbocycles. The van der Waals surface area contributed by atoms with Crippen LogP contribution in [-0.4, -0.2) is 43.2 Å². The Kier molecular flexibility index (Phi) is 3.61. The molecule has 20 heavy (non-hydrogen) atoms. The number of anilines is 1. The van der Waals surface area contributed by atoms with Crippen molar-refractivity contribution in [2.45, 2.75) is 43.8 Å². The summed E-state index contributed by atoms with van der Waals surface area (Å²) in [5.41, 5.74) is 0.545. The van der Waals surface area contributed by atoms with Gasteiger partial charge in [-0.1, -0.05) is 0 Å². The first-order valence-electron chi connectivity index (χ1n) is 7.21. The van der Waals surface area contributed by atoms with Crippen LogP contribution in [0.25, 0.3) is 0 Å². The van der Waals surface area contributed by atoms with Crippen LogP contribution in [0.1, 0.15) is 36.0 Å². The van der Waals surface area contributed by atoms with Crippen LogP contribution in [0.4, 0.5) is 5.82 Å². The van der Waals surface area contributed by atoms with Gasteiger partial charge in [0.25, 0.3) is 0 Å². The predicted molar refractivity (Wildman–Crippen MR) is 76.9 cm³/mol. The minimum atomic E-state index is -0.322. The predicted octanol–water partition coefficient (Wildman–Crippen LogP) is 1.59. The van der Waals surface area contributed by atoms with E-state index in [-0.39, 0.29) is 5.97 Å². The van der Waals surface area contributed by atoms with E-state index in [1.165, 1.54) is 20.0 Å². The number of pyridine rings is 1. The number of esters is 1. The zero-order chi connectivity index (χ0) is 14.1. The molecule has 0 aromatic carbocycles.